The van der Waals surface area contributed by atoms with Crippen LogP contribution < -0.4 is 5.43 Å². The maximum atomic E-state index is 11.9. The van der Waals surface area contributed by atoms with Crippen LogP contribution >= 0.6 is 0 Å². The minimum atomic E-state index is -0.306. The van der Waals surface area contributed by atoms with Gasteiger partial charge in [0.1, 0.15) is 11.5 Å². The first-order chi connectivity index (χ1) is 10.5. The van der Waals surface area contributed by atoms with Crippen LogP contribution in [0.2, 0.25) is 0 Å². The number of Topliss-reactive ketones (excluding diaryl/α,β-unsaturated/α-hetero) is 1. The molecule has 0 spiro atoms. The van der Waals surface area contributed by atoms with Crippen LogP contribution in [0.1, 0.15) is 40.3 Å². The first-order valence-electron chi connectivity index (χ1n) is 7.03. The summed E-state index contributed by atoms with van der Waals surface area (Å²) in [5, 5.41) is 3.79. The normalized spacial score (nSPS) is 10.8. The molecule has 2 aromatic rings. The third kappa shape index (κ3) is 4.70. The predicted octanol–water partition coefficient (Wildman–Crippen LogP) is 3.01. The third-order valence-electron chi connectivity index (χ3n) is 3.09. The molecular weight excluding hydrogens is 280 g/mol. The van der Waals surface area contributed by atoms with E-state index in [1.54, 1.807) is 18.2 Å². The Morgan fingerprint density at radius 1 is 1.09 bits per heavy atom. The molecule has 0 saturated carbocycles. The summed E-state index contributed by atoms with van der Waals surface area (Å²) < 4.78 is 5.28. The molecule has 5 nitrogen and oxygen atoms in total. The van der Waals surface area contributed by atoms with E-state index in [4.69, 9.17) is 4.42 Å². The highest BCUT2D eigenvalue weighted by molar-refractivity contribution is 5.98. The number of hydrazone groups is 1. The Kier molecular flexibility index (Phi) is 5.25. The molecule has 0 fully saturated rings. The van der Waals surface area contributed by atoms with E-state index in [0.717, 1.165) is 11.3 Å². The number of amides is 1. The van der Waals surface area contributed by atoms with Crippen molar-refractivity contribution in [1.29, 1.82) is 0 Å². The Labute approximate surface area is 129 Å². The third-order valence-corrected chi connectivity index (χ3v) is 3.09. The van der Waals surface area contributed by atoms with E-state index in [2.05, 4.69) is 10.5 Å². The summed E-state index contributed by atoms with van der Waals surface area (Å²) in [4.78, 5) is 23.5. The first-order valence-corrected chi connectivity index (χ1v) is 7.03. The Morgan fingerprint density at radius 3 is 2.45 bits per heavy atom. The number of ketones is 1. The maximum absolute atomic E-state index is 11.9. The van der Waals surface area contributed by atoms with Crippen LogP contribution in [0, 0.1) is 13.8 Å². The molecule has 0 aliphatic rings. The van der Waals surface area contributed by atoms with E-state index in [1.165, 1.54) is 6.21 Å². The number of aryl methyl sites for hydroxylation is 2. The second-order valence-electron chi connectivity index (χ2n) is 5.03. The van der Waals surface area contributed by atoms with Crippen molar-refractivity contribution in [3.63, 3.8) is 0 Å². The zero-order chi connectivity index (χ0) is 15.9. The average molecular weight is 298 g/mol. The van der Waals surface area contributed by atoms with E-state index in [9.17, 15) is 9.59 Å². The SMILES string of the molecule is Cc1ccc(C(=O)CCC(=O)N/N=C/c2ccc(C)o2)cc1. The highest BCUT2D eigenvalue weighted by Gasteiger charge is 2.08. The van der Waals surface area contributed by atoms with Crippen molar-refractivity contribution in [2.24, 2.45) is 5.10 Å². The van der Waals surface area contributed by atoms with Gasteiger partial charge in [-0.1, -0.05) is 29.8 Å². The van der Waals surface area contributed by atoms with Gasteiger partial charge in [-0.05, 0) is 26.0 Å². The van der Waals surface area contributed by atoms with Gasteiger partial charge in [-0.15, -0.1) is 0 Å². The number of carbonyl (C=O) groups is 2. The fourth-order valence-corrected chi connectivity index (χ4v) is 1.86. The van der Waals surface area contributed by atoms with E-state index >= 15 is 0 Å². The van der Waals surface area contributed by atoms with Crippen molar-refractivity contribution in [3.05, 3.63) is 59.0 Å². The summed E-state index contributed by atoms with van der Waals surface area (Å²) in [6, 6.07) is 10.9. The molecule has 1 heterocycles. The number of rotatable bonds is 6. The molecule has 114 valence electrons. The Morgan fingerprint density at radius 2 is 1.82 bits per heavy atom. The molecule has 22 heavy (non-hydrogen) atoms. The number of furan rings is 1. The molecule has 5 heteroatoms. The monoisotopic (exact) mass is 298 g/mol. The molecule has 0 bridgehead atoms. The number of nitrogens with one attached hydrogen (secondary N) is 1. The Bertz CT molecular complexity index is 684. The molecule has 0 unspecified atom stereocenters. The topological polar surface area (TPSA) is 71.7 Å². The van der Waals surface area contributed by atoms with Gasteiger partial charge in [0.05, 0.1) is 6.21 Å². The minimum Gasteiger partial charge on any atom is -0.460 e. The number of nitrogens with zero attached hydrogens (tertiary/aromatic N) is 1. The van der Waals surface area contributed by atoms with E-state index in [0.29, 0.717) is 11.3 Å². The maximum Gasteiger partial charge on any atom is 0.240 e. The van der Waals surface area contributed by atoms with Gasteiger partial charge in [-0.25, -0.2) is 5.43 Å². The van der Waals surface area contributed by atoms with Crippen LogP contribution in [0.3, 0.4) is 0 Å². The van der Waals surface area contributed by atoms with Gasteiger partial charge in [0.15, 0.2) is 5.78 Å². The largest absolute Gasteiger partial charge is 0.460 e. The smallest absolute Gasteiger partial charge is 0.240 e. The van der Waals surface area contributed by atoms with Crippen molar-refractivity contribution in [2.75, 3.05) is 0 Å². The van der Waals surface area contributed by atoms with Crippen LogP contribution in [-0.2, 0) is 4.79 Å². The highest BCUT2D eigenvalue weighted by Crippen LogP contribution is 2.07. The molecule has 1 aromatic heterocycles. The zero-order valence-electron chi connectivity index (χ0n) is 12.6. The Hall–Kier alpha value is -2.69. The van der Waals surface area contributed by atoms with E-state index < -0.39 is 0 Å². The summed E-state index contributed by atoms with van der Waals surface area (Å²) in [5.41, 5.74) is 4.09. The molecule has 1 N–H and O–H groups in total. The quantitative estimate of drug-likeness (QED) is 0.506. The number of hydrogen-bond acceptors (Lipinski definition) is 4. The fourth-order valence-electron chi connectivity index (χ4n) is 1.86. The van der Waals surface area contributed by atoms with E-state index in [-0.39, 0.29) is 24.5 Å². The average Bonchev–Trinajstić information content (AvgIpc) is 2.91. The van der Waals surface area contributed by atoms with Gasteiger partial charge in [0.2, 0.25) is 5.91 Å². The van der Waals surface area contributed by atoms with Crippen LogP contribution in [-0.4, -0.2) is 17.9 Å². The molecule has 2 rings (SSSR count). The fraction of sp³-hybridized carbons (Fsp3) is 0.235. The van der Waals surface area contributed by atoms with Gasteiger partial charge >= 0.3 is 0 Å². The van der Waals surface area contributed by atoms with Gasteiger partial charge in [-0.2, -0.15) is 5.10 Å². The van der Waals surface area contributed by atoms with Gasteiger partial charge in [-0.3, -0.25) is 9.59 Å². The minimum absolute atomic E-state index is 0.0548. The van der Waals surface area contributed by atoms with Crippen molar-refractivity contribution in [3.8, 4) is 0 Å². The molecule has 0 aliphatic heterocycles. The van der Waals surface area contributed by atoms with Crippen molar-refractivity contribution < 1.29 is 14.0 Å². The molecule has 0 radical (unpaired) electrons. The van der Waals surface area contributed by atoms with E-state index in [1.807, 2.05) is 32.0 Å². The first kappa shape index (κ1) is 15.7. The number of hydrogen-bond donors (Lipinski definition) is 1. The molecule has 1 aromatic carbocycles. The Balaban J connectivity index is 1.76. The lowest BCUT2D eigenvalue weighted by atomic mass is 10.1. The summed E-state index contributed by atoms with van der Waals surface area (Å²) >= 11 is 0. The standard InChI is InChI=1S/C17H18N2O3/c1-12-3-6-14(7-4-12)16(20)9-10-17(21)19-18-11-15-8-5-13(2)22-15/h3-8,11H,9-10H2,1-2H3,(H,19,21)/b18-11+. The van der Waals surface area contributed by atoms with Crippen LogP contribution in [0.15, 0.2) is 45.9 Å². The van der Waals surface area contributed by atoms with Crippen molar-refractivity contribution in [2.45, 2.75) is 26.7 Å². The lowest BCUT2D eigenvalue weighted by Crippen LogP contribution is -2.18. The van der Waals surface area contributed by atoms with Crippen LogP contribution in [0.4, 0.5) is 0 Å². The summed E-state index contributed by atoms with van der Waals surface area (Å²) in [5.74, 6) is 0.978. The van der Waals surface area contributed by atoms with Crippen molar-refractivity contribution >= 4 is 17.9 Å². The molecule has 1 amide bonds. The second kappa shape index (κ2) is 7.36. The van der Waals surface area contributed by atoms with Crippen LogP contribution in [0.5, 0.6) is 0 Å². The lowest BCUT2D eigenvalue weighted by molar-refractivity contribution is -0.121. The van der Waals surface area contributed by atoms with Gasteiger partial charge in [0, 0.05) is 18.4 Å². The summed E-state index contributed by atoms with van der Waals surface area (Å²) in [6.07, 6.45) is 1.68. The summed E-state index contributed by atoms with van der Waals surface area (Å²) in [7, 11) is 0. The highest BCUT2D eigenvalue weighted by atomic mass is 16.3. The van der Waals surface area contributed by atoms with Gasteiger partial charge in [0.25, 0.3) is 0 Å². The number of benzene rings is 1. The lowest BCUT2D eigenvalue weighted by Gasteiger charge is -2.01. The number of carbonyl (C=O) groups excluding carboxylic acids is 2. The van der Waals surface area contributed by atoms with Crippen molar-refractivity contribution in [1.82, 2.24) is 5.43 Å². The second-order valence-corrected chi connectivity index (χ2v) is 5.03. The van der Waals surface area contributed by atoms with Crippen LogP contribution in [0.25, 0.3) is 0 Å². The molecule has 0 atom stereocenters. The van der Waals surface area contributed by atoms with Gasteiger partial charge < -0.3 is 4.42 Å². The molecule has 0 saturated heterocycles. The molecule has 0 aliphatic carbocycles. The molecular formula is C17H18N2O3. The summed E-state index contributed by atoms with van der Waals surface area (Å²) in [6.45, 7) is 3.78. The zero-order valence-corrected chi connectivity index (χ0v) is 12.6. The predicted molar refractivity (Wildman–Crippen MR) is 83.9 cm³/mol.